The predicted molar refractivity (Wildman–Crippen MR) is 112 cm³/mol. The molecule has 2 aromatic heterocycles. The molecule has 0 radical (unpaired) electrons. The minimum absolute atomic E-state index is 0.0370. The van der Waals surface area contributed by atoms with Crippen molar-refractivity contribution in [3.05, 3.63) is 77.3 Å². The Labute approximate surface area is 182 Å². The summed E-state index contributed by atoms with van der Waals surface area (Å²) in [6.45, 7) is 0. The van der Waals surface area contributed by atoms with Crippen LogP contribution >= 0.6 is 0 Å². The Morgan fingerprint density at radius 1 is 1.22 bits per heavy atom. The van der Waals surface area contributed by atoms with Crippen molar-refractivity contribution in [3.63, 3.8) is 0 Å². The number of H-pyrrole nitrogens is 1. The molecule has 32 heavy (non-hydrogen) atoms. The number of aromatic nitrogens is 3. The van der Waals surface area contributed by atoms with Gasteiger partial charge < -0.3 is 10.1 Å². The first-order chi connectivity index (χ1) is 15.4. The second-order valence-corrected chi connectivity index (χ2v) is 7.59. The normalized spacial score (nSPS) is 17.8. The van der Waals surface area contributed by atoms with Crippen molar-refractivity contribution in [3.8, 4) is 11.6 Å². The number of rotatable bonds is 5. The molecule has 1 unspecified atom stereocenters. The predicted octanol–water partition coefficient (Wildman–Crippen LogP) is 5.37. The lowest BCUT2D eigenvalue weighted by atomic mass is 9.89. The molecule has 0 aliphatic heterocycles. The first-order valence-electron chi connectivity index (χ1n) is 10.2. The van der Waals surface area contributed by atoms with Crippen molar-refractivity contribution in [2.45, 2.75) is 37.9 Å². The van der Waals surface area contributed by atoms with Gasteiger partial charge in [-0.2, -0.15) is 18.3 Å². The molecule has 1 aliphatic carbocycles. The zero-order valence-corrected chi connectivity index (χ0v) is 17.0. The molecule has 0 spiro atoms. The first-order valence-corrected chi connectivity index (χ1v) is 10.2. The summed E-state index contributed by atoms with van der Waals surface area (Å²) in [5.41, 5.74) is 1.65. The maximum Gasteiger partial charge on any atom is 0.417 e. The minimum atomic E-state index is -4.44. The zero-order chi connectivity index (χ0) is 22.6. The van der Waals surface area contributed by atoms with Gasteiger partial charge in [-0.25, -0.2) is 4.98 Å². The fraction of sp³-hybridized carbons (Fsp3) is 0.261. The Hall–Kier alpha value is -3.62. The van der Waals surface area contributed by atoms with Crippen LogP contribution in [0.15, 0.2) is 60.4 Å². The molecule has 2 heterocycles. The van der Waals surface area contributed by atoms with Gasteiger partial charge in [-0.3, -0.25) is 9.89 Å². The van der Waals surface area contributed by atoms with Crippen LogP contribution < -0.4 is 10.1 Å². The van der Waals surface area contributed by atoms with Crippen molar-refractivity contribution in [2.75, 3.05) is 0 Å². The molecule has 2 N–H and O–H groups in total. The van der Waals surface area contributed by atoms with E-state index in [9.17, 15) is 18.0 Å². The van der Waals surface area contributed by atoms with Crippen LogP contribution in [0.2, 0.25) is 0 Å². The second kappa shape index (κ2) is 9.25. The number of benzene rings is 1. The first kappa shape index (κ1) is 21.6. The van der Waals surface area contributed by atoms with Crippen molar-refractivity contribution in [2.24, 2.45) is 0 Å². The van der Waals surface area contributed by atoms with Gasteiger partial charge in [-0.05, 0) is 55.5 Å². The van der Waals surface area contributed by atoms with E-state index in [-0.39, 0.29) is 17.8 Å². The summed E-state index contributed by atoms with van der Waals surface area (Å²) < 4.78 is 43.6. The standard InChI is InChI=1S/C23H21F3N4O2/c24-23(25,26)17-7-8-21(27-14-17)32-19-6-2-4-16(13-19)11-15-3-1-5-18(12-15)29-22(31)20-9-10-28-30-20/h2,4,6-11,13-14,18H,1,3,5,12H2,(H,28,30)(H,29,31)/b15-11+. The summed E-state index contributed by atoms with van der Waals surface area (Å²) in [5, 5.41) is 9.56. The van der Waals surface area contributed by atoms with Gasteiger partial charge in [0.2, 0.25) is 5.88 Å². The number of carbonyl (C=O) groups excluding carboxylic acids is 1. The number of nitrogens with zero attached hydrogens (tertiary/aromatic N) is 2. The topological polar surface area (TPSA) is 79.9 Å². The third kappa shape index (κ3) is 5.54. The van der Waals surface area contributed by atoms with Gasteiger partial charge in [0.05, 0.1) is 5.56 Å². The van der Waals surface area contributed by atoms with Gasteiger partial charge in [-0.1, -0.05) is 23.8 Å². The van der Waals surface area contributed by atoms with Gasteiger partial charge >= 0.3 is 6.18 Å². The van der Waals surface area contributed by atoms with Crippen molar-refractivity contribution in [1.82, 2.24) is 20.5 Å². The number of amides is 1. The highest BCUT2D eigenvalue weighted by molar-refractivity contribution is 5.92. The van der Waals surface area contributed by atoms with E-state index in [4.69, 9.17) is 4.74 Å². The van der Waals surface area contributed by atoms with E-state index in [1.807, 2.05) is 12.1 Å². The maximum absolute atomic E-state index is 12.7. The highest BCUT2D eigenvalue weighted by Crippen LogP contribution is 2.31. The van der Waals surface area contributed by atoms with Gasteiger partial charge in [0, 0.05) is 24.5 Å². The van der Waals surface area contributed by atoms with Crippen molar-refractivity contribution in [1.29, 1.82) is 0 Å². The van der Waals surface area contributed by atoms with Crippen LogP contribution in [0.5, 0.6) is 11.6 Å². The lowest BCUT2D eigenvalue weighted by Gasteiger charge is -2.25. The summed E-state index contributed by atoms with van der Waals surface area (Å²) in [4.78, 5) is 16.0. The molecular weight excluding hydrogens is 421 g/mol. The molecule has 1 saturated carbocycles. The van der Waals surface area contributed by atoms with E-state index < -0.39 is 11.7 Å². The Morgan fingerprint density at radius 3 is 2.81 bits per heavy atom. The van der Waals surface area contributed by atoms with Crippen molar-refractivity contribution >= 4 is 12.0 Å². The molecule has 6 nitrogen and oxygen atoms in total. The number of ether oxygens (including phenoxy) is 1. The van der Waals surface area contributed by atoms with E-state index in [2.05, 4.69) is 26.6 Å². The third-order valence-corrected chi connectivity index (χ3v) is 5.14. The monoisotopic (exact) mass is 442 g/mol. The van der Waals surface area contributed by atoms with Crippen LogP contribution in [0.3, 0.4) is 0 Å². The number of nitrogens with one attached hydrogen (secondary N) is 2. The molecule has 1 aliphatic rings. The van der Waals surface area contributed by atoms with Gasteiger partial charge in [0.15, 0.2) is 0 Å². The molecule has 0 bridgehead atoms. The van der Waals surface area contributed by atoms with E-state index in [0.29, 0.717) is 11.4 Å². The lowest BCUT2D eigenvalue weighted by molar-refractivity contribution is -0.137. The summed E-state index contributed by atoms with van der Waals surface area (Å²) in [5.74, 6) is 0.365. The summed E-state index contributed by atoms with van der Waals surface area (Å²) in [6.07, 6.45) is 3.51. The number of alkyl halides is 3. The molecule has 1 atom stereocenters. The summed E-state index contributed by atoms with van der Waals surface area (Å²) in [6, 6.07) is 11.1. The van der Waals surface area contributed by atoms with E-state index in [1.54, 1.807) is 24.4 Å². The van der Waals surface area contributed by atoms with Crippen LogP contribution in [0.25, 0.3) is 6.08 Å². The Morgan fingerprint density at radius 2 is 2.09 bits per heavy atom. The van der Waals surface area contributed by atoms with Crippen LogP contribution in [0, 0.1) is 0 Å². The highest BCUT2D eigenvalue weighted by atomic mass is 19.4. The number of aromatic amines is 1. The highest BCUT2D eigenvalue weighted by Gasteiger charge is 2.30. The van der Waals surface area contributed by atoms with Crippen LogP contribution in [-0.2, 0) is 6.18 Å². The van der Waals surface area contributed by atoms with Crippen LogP contribution in [-0.4, -0.2) is 27.1 Å². The Bertz CT molecular complexity index is 1090. The maximum atomic E-state index is 12.7. The number of hydrogen-bond donors (Lipinski definition) is 2. The molecule has 9 heteroatoms. The third-order valence-electron chi connectivity index (χ3n) is 5.14. The molecule has 1 amide bonds. The Kier molecular flexibility index (Phi) is 6.25. The lowest BCUT2D eigenvalue weighted by Crippen LogP contribution is -2.36. The number of halogens is 3. The molecule has 1 aromatic carbocycles. The average molecular weight is 442 g/mol. The quantitative estimate of drug-likeness (QED) is 0.557. The molecule has 0 saturated heterocycles. The van der Waals surface area contributed by atoms with Gasteiger partial charge in [0.25, 0.3) is 5.91 Å². The van der Waals surface area contributed by atoms with Gasteiger partial charge in [0.1, 0.15) is 11.4 Å². The molecule has 1 fully saturated rings. The zero-order valence-electron chi connectivity index (χ0n) is 17.0. The van der Waals surface area contributed by atoms with E-state index in [0.717, 1.165) is 43.5 Å². The molecule has 3 aromatic rings. The number of carbonyl (C=O) groups is 1. The largest absolute Gasteiger partial charge is 0.439 e. The summed E-state index contributed by atoms with van der Waals surface area (Å²) >= 11 is 0. The van der Waals surface area contributed by atoms with E-state index >= 15 is 0 Å². The SMILES string of the molecule is O=C(NC1CCC/C(=C\c2cccc(Oc3ccc(C(F)(F)F)cn3)c2)C1)c1cc[nH]n1. The fourth-order valence-corrected chi connectivity index (χ4v) is 3.63. The van der Waals surface area contributed by atoms with Crippen LogP contribution in [0.1, 0.15) is 47.3 Å². The number of hydrogen-bond acceptors (Lipinski definition) is 4. The fourth-order valence-electron chi connectivity index (χ4n) is 3.63. The smallest absolute Gasteiger partial charge is 0.417 e. The second-order valence-electron chi connectivity index (χ2n) is 7.59. The molecular formula is C23H21F3N4O2. The Balaban J connectivity index is 1.40. The van der Waals surface area contributed by atoms with Crippen molar-refractivity contribution < 1.29 is 22.7 Å². The molecule has 4 rings (SSSR count). The minimum Gasteiger partial charge on any atom is -0.439 e. The number of pyridine rings is 1. The average Bonchev–Trinajstić information content (AvgIpc) is 3.29. The van der Waals surface area contributed by atoms with Gasteiger partial charge in [-0.15, -0.1) is 0 Å². The van der Waals surface area contributed by atoms with E-state index in [1.165, 1.54) is 11.6 Å². The molecule has 166 valence electrons. The summed E-state index contributed by atoms with van der Waals surface area (Å²) in [7, 11) is 0. The van der Waals surface area contributed by atoms with Crippen LogP contribution in [0.4, 0.5) is 13.2 Å².